The van der Waals surface area contributed by atoms with Crippen molar-refractivity contribution in [2.45, 2.75) is 52.4 Å². The van der Waals surface area contributed by atoms with E-state index in [-0.39, 0.29) is 18.3 Å². The fraction of sp³-hybridized carbons (Fsp3) is 0.440. The molecule has 0 aliphatic heterocycles. The molecule has 0 saturated heterocycles. The van der Waals surface area contributed by atoms with Crippen molar-refractivity contribution in [1.29, 1.82) is 0 Å². The number of benzene rings is 2. The minimum atomic E-state index is -1.42. The van der Waals surface area contributed by atoms with Gasteiger partial charge in [-0.05, 0) is 68.7 Å². The van der Waals surface area contributed by atoms with Crippen LogP contribution < -0.4 is 4.74 Å². The number of rotatable bonds is 7. The molecule has 31 heavy (non-hydrogen) atoms. The van der Waals surface area contributed by atoms with Crippen molar-refractivity contribution in [3.63, 3.8) is 0 Å². The van der Waals surface area contributed by atoms with Crippen LogP contribution in [0, 0.1) is 35.1 Å². The summed E-state index contributed by atoms with van der Waals surface area (Å²) in [7, 11) is 0. The third-order valence-corrected chi connectivity index (χ3v) is 5.95. The Labute approximate surface area is 179 Å². The molecule has 1 aliphatic carbocycles. The molecule has 168 valence electrons. The Hall–Kier alpha value is -2.37. The lowest BCUT2D eigenvalue weighted by atomic mass is 9.80. The van der Waals surface area contributed by atoms with Crippen molar-refractivity contribution in [1.82, 2.24) is 0 Å². The molecule has 3 rings (SSSR count). The molecule has 0 unspecified atom stereocenters. The van der Waals surface area contributed by atoms with Crippen LogP contribution in [-0.4, -0.2) is 6.61 Å². The van der Waals surface area contributed by atoms with E-state index in [4.69, 9.17) is 4.74 Å². The summed E-state index contributed by atoms with van der Waals surface area (Å²) in [5.41, 5.74) is -1.44. The molecule has 2 aromatic carbocycles. The second kappa shape index (κ2) is 10.3. The lowest BCUT2D eigenvalue weighted by molar-refractivity contribution is 0.293. The molecule has 2 aromatic rings. The molecule has 0 spiro atoms. The Morgan fingerprint density at radius 1 is 0.871 bits per heavy atom. The average molecular weight is 438 g/mol. The SMILES string of the molecule is CCCC1CCC(/C=C(\F)c2ccc(-c3ccc(OCC)c(F)c3F)c(F)c2F)CC1. The van der Waals surface area contributed by atoms with Crippen LogP contribution in [0.15, 0.2) is 30.3 Å². The molecule has 0 bridgehead atoms. The number of allylic oxidation sites excluding steroid dienone is 1. The van der Waals surface area contributed by atoms with Crippen LogP contribution >= 0.6 is 0 Å². The van der Waals surface area contributed by atoms with Gasteiger partial charge in [-0.3, -0.25) is 0 Å². The van der Waals surface area contributed by atoms with Gasteiger partial charge in [0.1, 0.15) is 5.83 Å². The van der Waals surface area contributed by atoms with Gasteiger partial charge in [0.2, 0.25) is 5.82 Å². The summed E-state index contributed by atoms with van der Waals surface area (Å²) in [5, 5.41) is 0. The molecule has 1 aliphatic rings. The van der Waals surface area contributed by atoms with Crippen LogP contribution in [0.4, 0.5) is 22.0 Å². The molecule has 6 heteroatoms. The van der Waals surface area contributed by atoms with Gasteiger partial charge in [-0.2, -0.15) is 4.39 Å². The Morgan fingerprint density at radius 3 is 2.10 bits per heavy atom. The first kappa shape index (κ1) is 23.3. The molecular formula is C25H27F5O. The zero-order chi connectivity index (χ0) is 22.5. The van der Waals surface area contributed by atoms with E-state index in [1.807, 2.05) is 0 Å². The number of ether oxygens (including phenoxy) is 1. The van der Waals surface area contributed by atoms with Crippen molar-refractivity contribution in [2.24, 2.45) is 11.8 Å². The van der Waals surface area contributed by atoms with E-state index < -0.39 is 45.8 Å². The Kier molecular flexibility index (Phi) is 7.74. The van der Waals surface area contributed by atoms with E-state index in [2.05, 4.69) is 6.92 Å². The minimum absolute atomic E-state index is 0.0205. The number of hydrogen-bond acceptors (Lipinski definition) is 1. The summed E-state index contributed by atoms with van der Waals surface area (Å²) >= 11 is 0. The zero-order valence-electron chi connectivity index (χ0n) is 17.8. The highest BCUT2D eigenvalue weighted by Crippen LogP contribution is 2.37. The van der Waals surface area contributed by atoms with E-state index in [9.17, 15) is 22.0 Å². The summed E-state index contributed by atoms with van der Waals surface area (Å²) in [6, 6.07) is 4.40. The summed E-state index contributed by atoms with van der Waals surface area (Å²) in [6.45, 7) is 3.87. The first-order valence-electron chi connectivity index (χ1n) is 10.8. The Morgan fingerprint density at radius 2 is 1.48 bits per heavy atom. The Balaban J connectivity index is 1.85. The highest BCUT2D eigenvalue weighted by Gasteiger charge is 2.24. The summed E-state index contributed by atoms with van der Waals surface area (Å²) < 4.78 is 77.6. The highest BCUT2D eigenvalue weighted by atomic mass is 19.2. The third kappa shape index (κ3) is 5.10. The van der Waals surface area contributed by atoms with Crippen molar-refractivity contribution >= 4 is 5.83 Å². The van der Waals surface area contributed by atoms with Gasteiger partial charge in [0.25, 0.3) is 0 Å². The van der Waals surface area contributed by atoms with Crippen LogP contribution in [0.25, 0.3) is 17.0 Å². The fourth-order valence-corrected chi connectivity index (χ4v) is 4.30. The van der Waals surface area contributed by atoms with Crippen LogP contribution in [0.1, 0.15) is 57.9 Å². The Bertz CT molecular complexity index is 945. The van der Waals surface area contributed by atoms with Gasteiger partial charge in [0.15, 0.2) is 23.2 Å². The molecule has 0 aromatic heterocycles. The normalized spacial score (nSPS) is 19.5. The summed E-state index contributed by atoms with van der Waals surface area (Å²) in [6.07, 6.45) is 7.27. The smallest absolute Gasteiger partial charge is 0.201 e. The molecule has 1 saturated carbocycles. The van der Waals surface area contributed by atoms with Crippen LogP contribution in [0.3, 0.4) is 0 Å². The van der Waals surface area contributed by atoms with E-state index >= 15 is 0 Å². The van der Waals surface area contributed by atoms with Gasteiger partial charge >= 0.3 is 0 Å². The lowest BCUT2D eigenvalue weighted by Crippen LogP contribution is -2.13. The summed E-state index contributed by atoms with van der Waals surface area (Å²) in [4.78, 5) is 0. The zero-order valence-corrected chi connectivity index (χ0v) is 17.8. The predicted molar refractivity (Wildman–Crippen MR) is 112 cm³/mol. The first-order valence-corrected chi connectivity index (χ1v) is 10.8. The molecular weight excluding hydrogens is 411 g/mol. The maximum absolute atomic E-state index is 14.7. The number of halogens is 5. The van der Waals surface area contributed by atoms with E-state index in [1.165, 1.54) is 6.08 Å². The standard InChI is InChI=1S/C25H27F5O/c1-3-5-15-6-8-16(9-7-15)14-20(26)19-11-10-17(22(27)24(19)29)18-12-13-21(31-4-2)25(30)23(18)28/h10-16H,3-9H2,1-2H3/b20-14-. The predicted octanol–water partition coefficient (Wildman–Crippen LogP) is 8.23. The van der Waals surface area contributed by atoms with Gasteiger partial charge in [-0.15, -0.1) is 0 Å². The minimum Gasteiger partial charge on any atom is -0.491 e. The molecule has 0 heterocycles. The van der Waals surface area contributed by atoms with E-state index in [0.29, 0.717) is 5.92 Å². The molecule has 1 fully saturated rings. The highest BCUT2D eigenvalue weighted by molar-refractivity contribution is 5.70. The molecule has 0 atom stereocenters. The van der Waals surface area contributed by atoms with Crippen LogP contribution in [-0.2, 0) is 0 Å². The fourth-order valence-electron chi connectivity index (χ4n) is 4.30. The molecule has 1 nitrogen and oxygen atoms in total. The van der Waals surface area contributed by atoms with Gasteiger partial charge in [-0.25, -0.2) is 17.6 Å². The van der Waals surface area contributed by atoms with E-state index in [1.54, 1.807) is 6.92 Å². The number of hydrogen-bond donors (Lipinski definition) is 0. The average Bonchev–Trinajstić information content (AvgIpc) is 2.75. The van der Waals surface area contributed by atoms with Crippen molar-refractivity contribution in [3.05, 3.63) is 59.2 Å². The van der Waals surface area contributed by atoms with Crippen molar-refractivity contribution in [3.8, 4) is 16.9 Å². The molecule has 0 amide bonds. The maximum atomic E-state index is 14.7. The second-order valence-electron chi connectivity index (χ2n) is 8.04. The van der Waals surface area contributed by atoms with Crippen LogP contribution in [0.5, 0.6) is 5.75 Å². The first-order chi connectivity index (χ1) is 14.9. The third-order valence-electron chi connectivity index (χ3n) is 5.95. The second-order valence-corrected chi connectivity index (χ2v) is 8.04. The van der Waals surface area contributed by atoms with E-state index in [0.717, 1.165) is 62.8 Å². The van der Waals surface area contributed by atoms with Gasteiger partial charge < -0.3 is 4.74 Å². The topological polar surface area (TPSA) is 9.23 Å². The summed E-state index contributed by atoms with van der Waals surface area (Å²) in [5.74, 6) is -5.99. The van der Waals surface area contributed by atoms with Crippen molar-refractivity contribution in [2.75, 3.05) is 6.61 Å². The van der Waals surface area contributed by atoms with Gasteiger partial charge in [0, 0.05) is 16.7 Å². The monoisotopic (exact) mass is 438 g/mol. The quantitative estimate of drug-likeness (QED) is 0.396. The lowest BCUT2D eigenvalue weighted by Gasteiger charge is -2.26. The molecule has 0 N–H and O–H groups in total. The van der Waals surface area contributed by atoms with Crippen molar-refractivity contribution < 1.29 is 26.7 Å². The largest absolute Gasteiger partial charge is 0.491 e. The van der Waals surface area contributed by atoms with Crippen LogP contribution in [0.2, 0.25) is 0 Å². The van der Waals surface area contributed by atoms with Gasteiger partial charge in [-0.1, -0.05) is 25.8 Å². The van der Waals surface area contributed by atoms with Gasteiger partial charge in [0.05, 0.1) is 6.61 Å². The molecule has 0 radical (unpaired) electrons. The maximum Gasteiger partial charge on any atom is 0.201 e.